The third-order valence-corrected chi connectivity index (χ3v) is 5.00. The van der Waals surface area contributed by atoms with Gasteiger partial charge in [0.2, 0.25) is 0 Å². The van der Waals surface area contributed by atoms with Gasteiger partial charge < -0.3 is 19.1 Å². The second-order valence-electron chi connectivity index (χ2n) is 7.01. The Hall–Kier alpha value is -3.01. The number of likely N-dealkylation sites (N-methyl/N-ethyl adjacent to an activating group) is 1. The quantitative estimate of drug-likeness (QED) is 0.491. The third-order valence-electron chi connectivity index (χ3n) is 5.00. The van der Waals surface area contributed by atoms with Crippen LogP contribution in [0.1, 0.15) is 44.6 Å². The molecule has 2 rings (SSSR count). The second-order valence-corrected chi connectivity index (χ2v) is 7.01. The second kappa shape index (κ2) is 11.1. The van der Waals surface area contributed by atoms with E-state index in [-0.39, 0.29) is 18.6 Å². The van der Waals surface area contributed by atoms with Crippen molar-refractivity contribution in [3.63, 3.8) is 0 Å². The van der Waals surface area contributed by atoms with E-state index in [4.69, 9.17) is 19.5 Å². The van der Waals surface area contributed by atoms with Crippen LogP contribution in [0.25, 0.3) is 6.08 Å². The molecule has 0 unspecified atom stereocenters. The number of rotatable bonds is 8. The van der Waals surface area contributed by atoms with Gasteiger partial charge in [-0.1, -0.05) is 25.3 Å². The zero-order valence-corrected chi connectivity index (χ0v) is 17.2. The lowest BCUT2D eigenvalue weighted by Crippen LogP contribution is -2.44. The standard InChI is InChI=1S/C22H28N2O5/c1-16(22(26)24(2)18-7-5-4-6-8-18)29-21(25)12-10-17-9-11-19(28-14-13-23)20(15-17)27-3/h9-12,15-16,18H,4-8,14H2,1-3H3/b12-10+/t16-/m0/s1. The van der Waals surface area contributed by atoms with Crippen LogP contribution in [0, 0.1) is 11.3 Å². The summed E-state index contributed by atoms with van der Waals surface area (Å²) in [5, 5.41) is 8.60. The SMILES string of the molecule is COc1cc(/C=C/C(=O)O[C@@H](C)C(=O)N(C)C2CCCCC2)ccc1OCC#N. The van der Waals surface area contributed by atoms with Gasteiger partial charge in [0.25, 0.3) is 5.91 Å². The van der Waals surface area contributed by atoms with E-state index < -0.39 is 12.1 Å². The van der Waals surface area contributed by atoms with Crippen molar-refractivity contribution in [3.05, 3.63) is 29.8 Å². The van der Waals surface area contributed by atoms with Gasteiger partial charge in [-0.2, -0.15) is 5.26 Å². The van der Waals surface area contributed by atoms with E-state index in [2.05, 4.69) is 0 Å². The molecule has 7 nitrogen and oxygen atoms in total. The summed E-state index contributed by atoms with van der Waals surface area (Å²) in [7, 11) is 3.27. The van der Waals surface area contributed by atoms with E-state index in [1.807, 2.05) is 6.07 Å². The average Bonchev–Trinajstić information content (AvgIpc) is 2.75. The van der Waals surface area contributed by atoms with Gasteiger partial charge in [0.15, 0.2) is 24.2 Å². The average molecular weight is 400 g/mol. The van der Waals surface area contributed by atoms with E-state index in [0.29, 0.717) is 17.1 Å². The molecular weight excluding hydrogens is 372 g/mol. The van der Waals surface area contributed by atoms with E-state index in [9.17, 15) is 9.59 Å². The Morgan fingerprint density at radius 1 is 1.28 bits per heavy atom. The summed E-state index contributed by atoms with van der Waals surface area (Å²) in [6.07, 6.45) is 7.47. The molecule has 1 aromatic carbocycles. The molecule has 0 aromatic heterocycles. The Morgan fingerprint density at radius 2 is 2.00 bits per heavy atom. The number of nitriles is 1. The van der Waals surface area contributed by atoms with Crippen LogP contribution in [0.15, 0.2) is 24.3 Å². The minimum absolute atomic E-state index is 0.0842. The largest absolute Gasteiger partial charge is 0.493 e. The number of nitrogens with zero attached hydrogens (tertiary/aromatic N) is 2. The summed E-state index contributed by atoms with van der Waals surface area (Å²) in [5.74, 6) is 0.123. The van der Waals surface area contributed by atoms with Gasteiger partial charge in [-0.15, -0.1) is 0 Å². The van der Waals surface area contributed by atoms with Gasteiger partial charge >= 0.3 is 5.97 Å². The fraction of sp³-hybridized carbons (Fsp3) is 0.500. The lowest BCUT2D eigenvalue weighted by molar-refractivity contribution is -0.156. The van der Waals surface area contributed by atoms with Gasteiger partial charge in [0.05, 0.1) is 7.11 Å². The lowest BCUT2D eigenvalue weighted by Gasteiger charge is -2.32. The molecule has 0 radical (unpaired) electrons. The van der Waals surface area contributed by atoms with Gasteiger partial charge in [-0.3, -0.25) is 4.79 Å². The van der Waals surface area contributed by atoms with Gasteiger partial charge in [-0.25, -0.2) is 4.79 Å². The minimum Gasteiger partial charge on any atom is -0.493 e. The Morgan fingerprint density at radius 3 is 2.66 bits per heavy atom. The summed E-state index contributed by atoms with van der Waals surface area (Å²) in [4.78, 5) is 26.4. The van der Waals surface area contributed by atoms with Crippen molar-refractivity contribution < 1.29 is 23.8 Å². The Kier molecular flexibility index (Phi) is 8.53. The molecule has 1 aromatic rings. The molecule has 29 heavy (non-hydrogen) atoms. The fourth-order valence-electron chi connectivity index (χ4n) is 3.38. The maximum atomic E-state index is 12.5. The topological polar surface area (TPSA) is 88.9 Å². The fourth-order valence-corrected chi connectivity index (χ4v) is 3.38. The summed E-state index contributed by atoms with van der Waals surface area (Å²) in [5.41, 5.74) is 0.696. The van der Waals surface area contributed by atoms with Crippen LogP contribution in [0.2, 0.25) is 0 Å². The van der Waals surface area contributed by atoms with E-state index >= 15 is 0 Å². The number of methoxy groups -OCH3 is 1. The van der Waals surface area contributed by atoms with E-state index in [1.54, 1.807) is 43.1 Å². The highest BCUT2D eigenvalue weighted by Crippen LogP contribution is 2.28. The molecule has 0 N–H and O–H groups in total. The number of hydrogen-bond acceptors (Lipinski definition) is 6. The molecular formula is C22H28N2O5. The van der Waals surface area contributed by atoms with Crippen molar-refractivity contribution in [1.82, 2.24) is 4.90 Å². The molecule has 0 saturated heterocycles. The first-order valence-corrected chi connectivity index (χ1v) is 9.79. The van der Waals surface area contributed by atoms with Crippen LogP contribution in [0.5, 0.6) is 11.5 Å². The summed E-state index contributed by atoms with van der Waals surface area (Å²) >= 11 is 0. The number of carbonyl (C=O) groups excluding carboxylic acids is 2. The number of carbonyl (C=O) groups is 2. The molecule has 1 atom stereocenters. The smallest absolute Gasteiger partial charge is 0.331 e. The van der Waals surface area contributed by atoms with Gasteiger partial charge in [0, 0.05) is 19.2 Å². The molecule has 0 spiro atoms. The van der Waals surface area contributed by atoms with Gasteiger partial charge in [0.1, 0.15) is 6.07 Å². The maximum Gasteiger partial charge on any atom is 0.331 e. The molecule has 1 fully saturated rings. The van der Waals surface area contributed by atoms with Crippen molar-refractivity contribution in [1.29, 1.82) is 5.26 Å². The van der Waals surface area contributed by atoms with Crippen LogP contribution in [0.3, 0.4) is 0 Å². The summed E-state index contributed by atoms with van der Waals surface area (Å²) in [6.45, 7) is 1.51. The Balaban J connectivity index is 1.92. The van der Waals surface area contributed by atoms with Crippen LogP contribution in [-0.4, -0.2) is 49.7 Å². The van der Waals surface area contributed by atoms with Crippen molar-refractivity contribution in [2.24, 2.45) is 0 Å². The highest BCUT2D eigenvalue weighted by atomic mass is 16.5. The third kappa shape index (κ3) is 6.53. The molecule has 1 saturated carbocycles. The molecule has 1 aliphatic rings. The molecule has 0 bridgehead atoms. The first-order chi connectivity index (χ1) is 14.0. The van der Waals surface area contributed by atoms with Crippen LogP contribution < -0.4 is 9.47 Å². The summed E-state index contributed by atoms with van der Waals surface area (Å²) < 4.78 is 15.8. The molecule has 0 aliphatic heterocycles. The highest BCUT2D eigenvalue weighted by molar-refractivity contribution is 5.90. The van der Waals surface area contributed by atoms with E-state index in [0.717, 1.165) is 25.7 Å². The molecule has 0 heterocycles. The number of esters is 1. The monoisotopic (exact) mass is 400 g/mol. The molecule has 1 amide bonds. The maximum absolute atomic E-state index is 12.5. The van der Waals surface area contributed by atoms with E-state index in [1.165, 1.54) is 19.6 Å². The first-order valence-electron chi connectivity index (χ1n) is 9.79. The highest BCUT2D eigenvalue weighted by Gasteiger charge is 2.27. The van der Waals surface area contributed by atoms with Crippen molar-refractivity contribution in [3.8, 4) is 17.6 Å². The van der Waals surface area contributed by atoms with Crippen LogP contribution in [-0.2, 0) is 14.3 Å². The molecule has 7 heteroatoms. The van der Waals surface area contributed by atoms with Crippen molar-refractivity contribution >= 4 is 18.0 Å². The minimum atomic E-state index is -0.838. The van der Waals surface area contributed by atoms with Crippen LogP contribution in [0.4, 0.5) is 0 Å². The predicted octanol–water partition coefficient (Wildman–Crippen LogP) is 3.33. The zero-order chi connectivity index (χ0) is 21.2. The molecule has 1 aliphatic carbocycles. The Labute approximate surface area is 171 Å². The summed E-state index contributed by atoms with van der Waals surface area (Å²) in [6, 6.07) is 7.19. The van der Waals surface area contributed by atoms with Crippen molar-refractivity contribution in [2.45, 2.75) is 51.2 Å². The number of hydrogen-bond donors (Lipinski definition) is 0. The Bertz CT molecular complexity index is 778. The molecule has 156 valence electrons. The van der Waals surface area contributed by atoms with Crippen molar-refractivity contribution in [2.75, 3.05) is 20.8 Å². The predicted molar refractivity (Wildman–Crippen MR) is 108 cm³/mol. The zero-order valence-electron chi connectivity index (χ0n) is 17.2. The number of amides is 1. The lowest BCUT2D eigenvalue weighted by atomic mass is 9.94. The first kappa shape index (κ1) is 22.3. The number of ether oxygens (including phenoxy) is 3. The number of benzene rings is 1. The van der Waals surface area contributed by atoms with Gasteiger partial charge in [-0.05, 0) is 43.5 Å². The van der Waals surface area contributed by atoms with Crippen LogP contribution >= 0.6 is 0 Å². The normalized spacial score (nSPS) is 15.4.